The number of benzene rings is 2. The largest absolute Gasteiger partial charge is 0.504 e. The molecular formula is C17H13BrN2O3S. The first kappa shape index (κ1) is 16.6. The van der Waals surface area contributed by atoms with E-state index >= 15 is 0 Å². The Morgan fingerprint density at radius 2 is 2.08 bits per heavy atom. The second-order valence-electron chi connectivity index (χ2n) is 4.86. The minimum Gasteiger partial charge on any atom is -0.504 e. The maximum Gasteiger partial charge on any atom is 0.264 e. The minimum atomic E-state index is -0.254. The van der Waals surface area contributed by atoms with E-state index in [0.29, 0.717) is 21.4 Å². The number of thioether (sulfide) groups is 1. The van der Waals surface area contributed by atoms with Gasteiger partial charge in [-0.3, -0.25) is 4.79 Å². The van der Waals surface area contributed by atoms with E-state index in [1.807, 2.05) is 24.3 Å². The number of rotatable bonds is 3. The summed E-state index contributed by atoms with van der Waals surface area (Å²) in [6.07, 6.45) is 1.61. The second kappa shape index (κ2) is 7.11. The molecule has 0 aromatic heterocycles. The van der Waals surface area contributed by atoms with Gasteiger partial charge in [0.2, 0.25) is 0 Å². The van der Waals surface area contributed by atoms with Crippen molar-refractivity contribution in [2.45, 2.75) is 0 Å². The Kier molecular flexibility index (Phi) is 4.92. The number of nitrogens with zero attached hydrogens (tertiary/aromatic N) is 1. The Labute approximate surface area is 151 Å². The third-order valence-electron chi connectivity index (χ3n) is 3.23. The van der Waals surface area contributed by atoms with Gasteiger partial charge in [-0.25, -0.2) is 4.99 Å². The molecule has 2 aromatic carbocycles. The zero-order valence-electron chi connectivity index (χ0n) is 12.6. The number of amides is 1. The molecule has 24 heavy (non-hydrogen) atoms. The number of phenols is 1. The fourth-order valence-corrected chi connectivity index (χ4v) is 3.33. The van der Waals surface area contributed by atoms with E-state index in [-0.39, 0.29) is 11.7 Å². The molecule has 0 aliphatic carbocycles. The van der Waals surface area contributed by atoms with E-state index in [9.17, 15) is 9.90 Å². The van der Waals surface area contributed by atoms with E-state index in [1.165, 1.54) is 18.9 Å². The number of carbonyl (C=O) groups excluding carboxylic acids is 1. The van der Waals surface area contributed by atoms with Gasteiger partial charge in [-0.15, -0.1) is 0 Å². The highest BCUT2D eigenvalue weighted by atomic mass is 79.9. The molecule has 1 heterocycles. The van der Waals surface area contributed by atoms with Gasteiger partial charge in [0.15, 0.2) is 16.7 Å². The van der Waals surface area contributed by atoms with Crippen LogP contribution in [0.2, 0.25) is 0 Å². The summed E-state index contributed by atoms with van der Waals surface area (Å²) in [6, 6.07) is 12.6. The summed E-state index contributed by atoms with van der Waals surface area (Å²) in [7, 11) is 1.48. The van der Waals surface area contributed by atoms with Crippen LogP contribution in [-0.2, 0) is 4.79 Å². The molecule has 1 aliphatic heterocycles. The van der Waals surface area contributed by atoms with Gasteiger partial charge in [0, 0.05) is 10.0 Å². The van der Waals surface area contributed by atoms with E-state index in [4.69, 9.17) is 4.74 Å². The van der Waals surface area contributed by atoms with E-state index < -0.39 is 0 Å². The molecular weight excluding hydrogens is 392 g/mol. The smallest absolute Gasteiger partial charge is 0.264 e. The predicted molar refractivity (Wildman–Crippen MR) is 99.6 cm³/mol. The van der Waals surface area contributed by atoms with Gasteiger partial charge in [-0.2, -0.15) is 0 Å². The fourth-order valence-electron chi connectivity index (χ4n) is 2.11. The van der Waals surface area contributed by atoms with Gasteiger partial charge in [0.25, 0.3) is 5.91 Å². The monoisotopic (exact) mass is 404 g/mol. The van der Waals surface area contributed by atoms with Crippen molar-refractivity contribution in [1.29, 1.82) is 0 Å². The van der Waals surface area contributed by atoms with Crippen molar-refractivity contribution in [2.24, 2.45) is 4.99 Å². The van der Waals surface area contributed by atoms with Gasteiger partial charge in [0.1, 0.15) is 0 Å². The quantitative estimate of drug-likeness (QED) is 0.756. The number of halogens is 1. The number of para-hydroxylation sites is 1. The van der Waals surface area contributed by atoms with Crippen molar-refractivity contribution in [3.8, 4) is 11.5 Å². The van der Waals surface area contributed by atoms with Crippen LogP contribution in [-0.4, -0.2) is 23.3 Å². The number of aliphatic imine (C=N–C) groups is 1. The molecule has 1 saturated heterocycles. The third kappa shape index (κ3) is 3.63. The van der Waals surface area contributed by atoms with Gasteiger partial charge in [-0.1, -0.05) is 34.1 Å². The SMILES string of the molecule is COc1cccc(/C=C2/SC(=Nc3cccc(Br)c3)NC2=O)c1O. The Bertz CT molecular complexity index is 865. The highest BCUT2D eigenvalue weighted by Crippen LogP contribution is 2.34. The standard InChI is InChI=1S/C17H13BrN2O3S/c1-23-13-7-2-4-10(15(13)21)8-14-16(22)20-17(24-14)19-12-6-3-5-11(18)9-12/h2-9,21H,1H3,(H,19,20,22)/b14-8+. The number of phenolic OH excluding ortho intramolecular Hbond substituents is 1. The molecule has 3 rings (SSSR count). The number of aromatic hydroxyl groups is 1. The molecule has 5 nitrogen and oxygen atoms in total. The molecule has 0 unspecified atom stereocenters. The number of methoxy groups -OCH3 is 1. The van der Waals surface area contributed by atoms with Crippen LogP contribution in [0.4, 0.5) is 5.69 Å². The molecule has 0 bridgehead atoms. The number of nitrogens with one attached hydrogen (secondary N) is 1. The van der Waals surface area contributed by atoms with Crippen molar-refractivity contribution < 1.29 is 14.6 Å². The summed E-state index contributed by atoms with van der Waals surface area (Å²) in [5.41, 5.74) is 1.24. The van der Waals surface area contributed by atoms with Crippen molar-refractivity contribution in [1.82, 2.24) is 5.32 Å². The van der Waals surface area contributed by atoms with E-state index in [0.717, 1.165) is 10.2 Å². The summed E-state index contributed by atoms with van der Waals surface area (Å²) in [6.45, 7) is 0. The molecule has 2 N–H and O–H groups in total. The van der Waals surface area contributed by atoms with Crippen LogP contribution in [0.3, 0.4) is 0 Å². The van der Waals surface area contributed by atoms with Crippen molar-refractivity contribution in [3.05, 3.63) is 57.4 Å². The topological polar surface area (TPSA) is 70.9 Å². The van der Waals surface area contributed by atoms with Crippen molar-refractivity contribution in [3.63, 3.8) is 0 Å². The first-order chi connectivity index (χ1) is 11.6. The summed E-state index contributed by atoms with van der Waals surface area (Å²) in [5, 5.41) is 13.3. The number of ether oxygens (including phenoxy) is 1. The Morgan fingerprint density at radius 1 is 1.29 bits per heavy atom. The summed E-state index contributed by atoms with van der Waals surface area (Å²) >= 11 is 4.61. The summed E-state index contributed by atoms with van der Waals surface area (Å²) < 4.78 is 5.99. The Morgan fingerprint density at radius 3 is 2.83 bits per heavy atom. The lowest BCUT2D eigenvalue weighted by Crippen LogP contribution is -2.19. The lowest BCUT2D eigenvalue weighted by Gasteiger charge is -2.05. The van der Waals surface area contributed by atoms with Gasteiger partial charge in [0.05, 0.1) is 17.7 Å². The summed E-state index contributed by atoms with van der Waals surface area (Å²) in [5.74, 6) is 0.102. The molecule has 2 aromatic rings. The van der Waals surface area contributed by atoms with Crippen LogP contribution in [0.25, 0.3) is 6.08 Å². The molecule has 0 radical (unpaired) electrons. The van der Waals surface area contributed by atoms with Crippen molar-refractivity contribution in [2.75, 3.05) is 7.11 Å². The average Bonchev–Trinajstić information content (AvgIpc) is 2.89. The molecule has 1 amide bonds. The van der Waals surface area contributed by atoms with Crippen LogP contribution < -0.4 is 10.1 Å². The van der Waals surface area contributed by atoms with E-state index in [2.05, 4.69) is 26.2 Å². The van der Waals surface area contributed by atoms with Gasteiger partial charge < -0.3 is 15.2 Å². The highest BCUT2D eigenvalue weighted by Gasteiger charge is 2.24. The third-order valence-corrected chi connectivity index (χ3v) is 4.63. The highest BCUT2D eigenvalue weighted by molar-refractivity contribution is 9.10. The number of hydrogen-bond acceptors (Lipinski definition) is 5. The molecule has 0 atom stereocenters. The minimum absolute atomic E-state index is 0.00159. The van der Waals surface area contributed by atoms with Crippen LogP contribution in [0.5, 0.6) is 11.5 Å². The zero-order chi connectivity index (χ0) is 17.1. The number of hydrogen-bond donors (Lipinski definition) is 2. The first-order valence-electron chi connectivity index (χ1n) is 6.98. The Hall–Kier alpha value is -2.25. The average molecular weight is 405 g/mol. The molecule has 0 spiro atoms. The molecule has 1 fully saturated rings. The number of amidine groups is 1. The maximum atomic E-state index is 12.1. The van der Waals surface area contributed by atoms with Crippen LogP contribution >= 0.6 is 27.7 Å². The zero-order valence-corrected chi connectivity index (χ0v) is 15.0. The predicted octanol–water partition coefficient (Wildman–Crippen LogP) is 4.05. The van der Waals surface area contributed by atoms with E-state index in [1.54, 1.807) is 24.3 Å². The molecule has 122 valence electrons. The summed E-state index contributed by atoms with van der Waals surface area (Å²) in [4.78, 5) is 17.0. The second-order valence-corrected chi connectivity index (χ2v) is 6.81. The lowest BCUT2D eigenvalue weighted by atomic mass is 10.1. The fraction of sp³-hybridized carbons (Fsp3) is 0.0588. The first-order valence-corrected chi connectivity index (χ1v) is 8.59. The molecule has 7 heteroatoms. The number of carbonyl (C=O) groups is 1. The Balaban J connectivity index is 1.88. The van der Waals surface area contributed by atoms with Crippen LogP contribution in [0.1, 0.15) is 5.56 Å². The lowest BCUT2D eigenvalue weighted by molar-refractivity contribution is -0.115. The van der Waals surface area contributed by atoms with Crippen LogP contribution in [0, 0.1) is 0 Å². The van der Waals surface area contributed by atoms with Crippen LogP contribution in [0.15, 0.2) is 56.8 Å². The van der Waals surface area contributed by atoms with Gasteiger partial charge >= 0.3 is 0 Å². The van der Waals surface area contributed by atoms with Gasteiger partial charge in [-0.05, 0) is 42.1 Å². The molecule has 1 aliphatic rings. The normalized spacial score (nSPS) is 17.3. The maximum absolute atomic E-state index is 12.1. The van der Waals surface area contributed by atoms with Crippen molar-refractivity contribution >= 4 is 50.5 Å². The molecule has 0 saturated carbocycles.